The van der Waals surface area contributed by atoms with Gasteiger partial charge in [0.15, 0.2) is 0 Å². The monoisotopic (exact) mass is 226 g/mol. The fraction of sp³-hybridized carbons (Fsp3) is 0.750. The van der Waals surface area contributed by atoms with Crippen LogP contribution in [-0.4, -0.2) is 59.6 Å². The normalized spacial score (nSPS) is 26.9. The molecule has 2 unspecified atom stereocenters. The lowest BCUT2D eigenvalue weighted by molar-refractivity contribution is -0.139. The molecule has 4 heteroatoms. The Balaban J connectivity index is 2.57. The number of rotatable bonds is 5. The van der Waals surface area contributed by atoms with Gasteiger partial charge in [-0.2, -0.15) is 0 Å². The Hall–Kier alpha value is -0.870. The van der Waals surface area contributed by atoms with Crippen molar-refractivity contribution in [2.24, 2.45) is 0 Å². The van der Waals surface area contributed by atoms with Crippen molar-refractivity contribution in [3.05, 3.63) is 12.7 Å². The minimum absolute atomic E-state index is 0.118. The van der Waals surface area contributed by atoms with Crippen molar-refractivity contribution < 1.29 is 9.90 Å². The molecule has 1 saturated heterocycles. The molecule has 1 heterocycles. The number of hydrogen-bond acceptors (Lipinski definition) is 3. The van der Waals surface area contributed by atoms with E-state index in [1.165, 1.54) is 0 Å². The van der Waals surface area contributed by atoms with Gasteiger partial charge < -0.3 is 10.0 Å². The van der Waals surface area contributed by atoms with Gasteiger partial charge in [-0.05, 0) is 33.4 Å². The Labute approximate surface area is 97.5 Å². The van der Waals surface area contributed by atoms with Gasteiger partial charge >= 0.3 is 5.97 Å². The van der Waals surface area contributed by atoms with E-state index in [1.807, 2.05) is 4.90 Å². The maximum absolute atomic E-state index is 10.8. The number of nitrogens with zero attached hydrogens (tertiary/aromatic N) is 2. The Morgan fingerprint density at radius 3 is 2.88 bits per heavy atom. The van der Waals surface area contributed by atoms with Crippen LogP contribution in [0.5, 0.6) is 0 Å². The summed E-state index contributed by atoms with van der Waals surface area (Å²) in [5, 5.41) is 8.87. The summed E-state index contributed by atoms with van der Waals surface area (Å²) < 4.78 is 0. The van der Waals surface area contributed by atoms with E-state index in [9.17, 15) is 4.79 Å². The minimum atomic E-state index is -0.756. The second-order valence-corrected chi connectivity index (χ2v) is 4.62. The van der Waals surface area contributed by atoms with E-state index in [-0.39, 0.29) is 6.54 Å². The third-order valence-corrected chi connectivity index (χ3v) is 3.40. The molecule has 1 rings (SSSR count). The molecule has 16 heavy (non-hydrogen) atoms. The van der Waals surface area contributed by atoms with Crippen molar-refractivity contribution in [1.29, 1.82) is 0 Å². The van der Waals surface area contributed by atoms with Gasteiger partial charge in [-0.25, -0.2) is 0 Å². The maximum Gasteiger partial charge on any atom is 0.317 e. The summed E-state index contributed by atoms with van der Waals surface area (Å²) in [5.74, 6) is -0.756. The maximum atomic E-state index is 10.8. The van der Waals surface area contributed by atoms with Crippen LogP contribution in [0.4, 0.5) is 0 Å². The lowest BCUT2D eigenvalue weighted by Gasteiger charge is -2.40. The molecule has 1 aliphatic heterocycles. The van der Waals surface area contributed by atoms with Crippen LogP contribution in [0.3, 0.4) is 0 Å². The molecule has 0 radical (unpaired) electrons. The predicted octanol–water partition coefficient (Wildman–Crippen LogP) is 1.04. The van der Waals surface area contributed by atoms with Crippen molar-refractivity contribution in [2.45, 2.75) is 31.8 Å². The number of aliphatic carboxylic acids is 1. The first kappa shape index (κ1) is 13.2. The van der Waals surface area contributed by atoms with E-state index in [0.717, 1.165) is 19.4 Å². The van der Waals surface area contributed by atoms with Crippen LogP contribution >= 0.6 is 0 Å². The van der Waals surface area contributed by atoms with Crippen LogP contribution in [0.1, 0.15) is 19.8 Å². The highest BCUT2D eigenvalue weighted by molar-refractivity contribution is 5.69. The zero-order valence-corrected chi connectivity index (χ0v) is 10.2. The van der Waals surface area contributed by atoms with Crippen LogP contribution in [0.25, 0.3) is 0 Å². The Bertz CT molecular complexity index is 255. The van der Waals surface area contributed by atoms with E-state index in [1.54, 1.807) is 6.08 Å². The van der Waals surface area contributed by atoms with Crippen LogP contribution < -0.4 is 0 Å². The van der Waals surface area contributed by atoms with Crippen molar-refractivity contribution in [2.75, 3.05) is 26.7 Å². The predicted molar refractivity (Wildman–Crippen MR) is 64.5 cm³/mol. The van der Waals surface area contributed by atoms with Crippen molar-refractivity contribution in [3.63, 3.8) is 0 Å². The van der Waals surface area contributed by atoms with E-state index < -0.39 is 5.97 Å². The second-order valence-electron chi connectivity index (χ2n) is 4.62. The summed E-state index contributed by atoms with van der Waals surface area (Å²) in [5.41, 5.74) is 0. The molecule has 0 spiro atoms. The molecule has 2 atom stereocenters. The number of carboxylic acid groups (broad SMARTS) is 1. The summed E-state index contributed by atoms with van der Waals surface area (Å²) in [7, 11) is 2.12. The Morgan fingerprint density at radius 1 is 1.69 bits per heavy atom. The molecular weight excluding hydrogens is 204 g/mol. The SMILES string of the molecule is C=CCN(CC(=O)O)C1CCN(C)C(C)C1. The number of hydrogen-bond donors (Lipinski definition) is 1. The molecule has 1 N–H and O–H groups in total. The van der Waals surface area contributed by atoms with Gasteiger partial charge in [0, 0.05) is 18.6 Å². The number of carbonyl (C=O) groups is 1. The van der Waals surface area contributed by atoms with Crippen molar-refractivity contribution >= 4 is 5.97 Å². The summed E-state index contributed by atoms with van der Waals surface area (Å²) in [6.45, 7) is 7.70. The molecule has 92 valence electrons. The highest BCUT2D eigenvalue weighted by atomic mass is 16.4. The third kappa shape index (κ3) is 3.61. The molecule has 0 saturated carbocycles. The van der Waals surface area contributed by atoms with Gasteiger partial charge in [-0.3, -0.25) is 9.69 Å². The molecule has 4 nitrogen and oxygen atoms in total. The van der Waals surface area contributed by atoms with Crippen molar-refractivity contribution in [1.82, 2.24) is 9.80 Å². The molecule has 0 aromatic rings. The second kappa shape index (κ2) is 6.01. The Morgan fingerprint density at radius 2 is 2.38 bits per heavy atom. The molecular formula is C12H22N2O2. The largest absolute Gasteiger partial charge is 0.480 e. The van der Waals surface area contributed by atoms with E-state index >= 15 is 0 Å². The van der Waals surface area contributed by atoms with Crippen LogP contribution in [0.15, 0.2) is 12.7 Å². The average molecular weight is 226 g/mol. The average Bonchev–Trinajstić information content (AvgIpc) is 2.21. The summed E-state index contributed by atoms with van der Waals surface area (Å²) >= 11 is 0. The van der Waals surface area contributed by atoms with Gasteiger partial charge in [-0.15, -0.1) is 6.58 Å². The van der Waals surface area contributed by atoms with E-state index in [2.05, 4.69) is 25.5 Å². The fourth-order valence-electron chi connectivity index (χ4n) is 2.28. The lowest BCUT2D eigenvalue weighted by Crippen LogP contribution is -2.48. The standard InChI is InChI=1S/C12H22N2O2/c1-4-6-14(9-12(15)16)11-5-7-13(3)10(2)8-11/h4,10-11H,1,5-9H2,2-3H3,(H,15,16). The lowest BCUT2D eigenvalue weighted by atomic mass is 9.97. The summed E-state index contributed by atoms with van der Waals surface area (Å²) in [6.07, 6.45) is 3.87. The van der Waals surface area contributed by atoms with Crippen LogP contribution in [0, 0.1) is 0 Å². The topological polar surface area (TPSA) is 43.8 Å². The molecule has 1 fully saturated rings. The van der Waals surface area contributed by atoms with Gasteiger partial charge in [0.25, 0.3) is 0 Å². The van der Waals surface area contributed by atoms with Gasteiger partial charge in [0.05, 0.1) is 6.54 Å². The zero-order valence-electron chi connectivity index (χ0n) is 10.2. The van der Waals surface area contributed by atoms with Gasteiger partial charge in [0.1, 0.15) is 0 Å². The summed E-state index contributed by atoms with van der Waals surface area (Å²) in [6, 6.07) is 0.903. The Kier molecular flexibility index (Phi) is 4.96. The molecule has 0 bridgehead atoms. The fourth-order valence-corrected chi connectivity index (χ4v) is 2.28. The number of likely N-dealkylation sites (tertiary alicyclic amines) is 1. The van der Waals surface area contributed by atoms with Gasteiger partial charge in [0.2, 0.25) is 0 Å². The molecule has 0 amide bonds. The molecule has 0 aromatic carbocycles. The van der Waals surface area contributed by atoms with Crippen LogP contribution in [0.2, 0.25) is 0 Å². The first-order valence-corrected chi connectivity index (χ1v) is 5.81. The number of carboxylic acids is 1. The van der Waals surface area contributed by atoms with Crippen molar-refractivity contribution in [3.8, 4) is 0 Å². The minimum Gasteiger partial charge on any atom is -0.480 e. The first-order valence-electron chi connectivity index (χ1n) is 5.81. The smallest absolute Gasteiger partial charge is 0.317 e. The molecule has 1 aliphatic rings. The number of piperidine rings is 1. The van der Waals surface area contributed by atoms with E-state index in [0.29, 0.717) is 18.6 Å². The zero-order chi connectivity index (χ0) is 12.1. The first-order chi connectivity index (χ1) is 7.54. The quantitative estimate of drug-likeness (QED) is 0.711. The molecule has 0 aliphatic carbocycles. The highest BCUT2D eigenvalue weighted by Crippen LogP contribution is 2.20. The van der Waals surface area contributed by atoms with Gasteiger partial charge in [-0.1, -0.05) is 6.08 Å². The highest BCUT2D eigenvalue weighted by Gasteiger charge is 2.27. The van der Waals surface area contributed by atoms with E-state index in [4.69, 9.17) is 5.11 Å². The summed E-state index contributed by atoms with van der Waals surface area (Å²) in [4.78, 5) is 15.1. The van der Waals surface area contributed by atoms with Crippen LogP contribution in [-0.2, 0) is 4.79 Å². The third-order valence-electron chi connectivity index (χ3n) is 3.40. The molecule has 0 aromatic heterocycles.